The highest BCUT2D eigenvalue weighted by Crippen LogP contribution is 2.16. The molecule has 7 heteroatoms. The van der Waals surface area contributed by atoms with Gasteiger partial charge >= 0.3 is 5.97 Å². The summed E-state index contributed by atoms with van der Waals surface area (Å²) in [5, 5.41) is 12.6. The van der Waals surface area contributed by atoms with E-state index in [0.717, 1.165) is 11.1 Å². The number of rotatable bonds is 8. The van der Waals surface area contributed by atoms with Crippen LogP contribution in [0.5, 0.6) is 5.75 Å². The Balaban J connectivity index is 1.65. The minimum Gasteiger partial charge on any atom is -0.489 e. The standard InChI is InChI=1S/C22H19ClN2O4/c23-18-8-6-15(7-9-18)11-20(22(27)28)25-21(26)17-4-1-5-19(12-17)29-14-16-3-2-10-24-13-16/h1-10,12-13,20H,11,14H2,(H,25,26)(H,27,28)/t20-/m1/s1. The van der Waals surface area contributed by atoms with Crippen molar-refractivity contribution in [1.29, 1.82) is 0 Å². The first-order chi connectivity index (χ1) is 14.0. The molecule has 0 aliphatic carbocycles. The van der Waals surface area contributed by atoms with Crippen LogP contribution in [0.2, 0.25) is 5.02 Å². The monoisotopic (exact) mass is 410 g/mol. The van der Waals surface area contributed by atoms with Crippen molar-refractivity contribution in [2.24, 2.45) is 0 Å². The van der Waals surface area contributed by atoms with Gasteiger partial charge in [0.2, 0.25) is 0 Å². The molecule has 0 saturated heterocycles. The topological polar surface area (TPSA) is 88.5 Å². The maximum Gasteiger partial charge on any atom is 0.326 e. The Hall–Kier alpha value is -3.38. The van der Waals surface area contributed by atoms with Gasteiger partial charge in [0, 0.05) is 35.0 Å². The normalized spacial score (nSPS) is 11.5. The minimum atomic E-state index is -1.11. The number of nitrogens with one attached hydrogen (secondary N) is 1. The fourth-order valence-corrected chi connectivity index (χ4v) is 2.80. The van der Waals surface area contributed by atoms with Crippen molar-refractivity contribution in [2.75, 3.05) is 0 Å². The highest BCUT2D eigenvalue weighted by molar-refractivity contribution is 6.30. The van der Waals surface area contributed by atoms with E-state index >= 15 is 0 Å². The molecule has 0 saturated carbocycles. The maximum atomic E-state index is 12.6. The van der Waals surface area contributed by atoms with Crippen LogP contribution in [0.4, 0.5) is 0 Å². The summed E-state index contributed by atoms with van der Waals surface area (Å²) >= 11 is 5.85. The minimum absolute atomic E-state index is 0.148. The summed E-state index contributed by atoms with van der Waals surface area (Å²) in [5.41, 5.74) is 1.97. The van der Waals surface area contributed by atoms with Gasteiger partial charge in [0.1, 0.15) is 18.4 Å². The van der Waals surface area contributed by atoms with Crippen molar-refractivity contribution < 1.29 is 19.4 Å². The van der Waals surface area contributed by atoms with Gasteiger partial charge in [-0.15, -0.1) is 0 Å². The number of ether oxygens (including phenoxy) is 1. The number of carbonyl (C=O) groups is 2. The number of hydrogen-bond donors (Lipinski definition) is 2. The molecule has 6 nitrogen and oxygen atoms in total. The third-order valence-electron chi connectivity index (χ3n) is 4.18. The van der Waals surface area contributed by atoms with Gasteiger partial charge in [-0.2, -0.15) is 0 Å². The number of carboxylic acid groups (broad SMARTS) is 1. The number of aromatic nitrogens is 1. The van der Waals surface area contributed by atoms with Crippen molar-refractivity contribution in [2.45, 2.75) is 19.1 Å². The van der Waals surface area contributed by atoms with Gasteiger partial charge in [-0.05, 0) is 42.0 Å². The number of carbonyl (C=O) groups excluding carboxylic acids is 1. The van der Waals surface area contributed by atoms with Gasteiger partial charge in [-0.3, -0.25) is 9.78 Å². The number of pyridine rings is 1. The SMILES string of the molecule is O=C(N[C@H](Cc1ccc(Cl)cc1)C(=O)O)c1cccc(OCc2cccnc2)c1. The van der Waals surface area contributed by atoms with E-state index in [1.807, 2.05) is 12.1 Å². The predicted molar refractivity (Wildman–Crippen MR) is 109 cm³/mol. The summed E-state index contributed by atoms with van der Waals surface area (Å²) in [6.07, 6.45) is 3.53. The molecular formula is C22H19ClN2O4. The Morgan fingerprint density at radius 3 is 2.55 bits per heavy atom. The maximum absolute atomic E-state index is 12.6. The molecule has 3 rings (SSSR count). The third kappa shape index (κ3) is 6.05. The highest BCUT2D eigenvalue weighted by atomic mass is 35.5. The zero-order chi connectivity index (χ0) is 20.6. The van der Waals surface area contributed by atoms with Gasteiger partial charge in [-0.25, -0.2) is 4.79 Å². The molecule has 0 fully saturated rings. The van der Waals surface area contributed by atoms with Crippen LogP contribution in [0.1, 0.15) is 21.5 Å². The first-order valence-electron chi connectivity index (χ1n) is 8.91. The second-order valence-corrected chi connectivity index (χ2v) is 6.81. The van der Waals surface area contributed by atoms with E-state index < -0.39 is 17.9 Å². The number of amides is 1. The van der Waals surface area contributed by atoms with Crippen molar-refractivity contribution in [3.8, 4) is 5.75 Å². The lowest BCUT2D eigenvalue weighted by Gasteiger charge is -2.15. The molecule has 1 heterocycles. The quantitative estimate of drug-likeness (QED) is 0.590. The number of nitrogens with zero attached hydrogens (tertiary/aromatic N) is 1. The highest BCUT2D eigenvalue weighted by Gasteiger charge is 2.21. The van der Waals surface area contributed by atoms with Gasteiger partial charge < -0.3 is 15.2 Å². The van der Waals surface area contributed by atoms with Gasteiger partial charge in [0.15, 0.2) is 0 Å². The molecule has 2 aromatic carbocycles. The van der Waals surface area contributed by atoms with E-state index in [1.54, 1.807) is 60.9 Å². The van der Waals surface area contributed by atoms with Crippen LogP contribution in [0.25, 0.3) is 0 Å². The Morgan fingerprint density at radius 1 is 1.07 bits per heavy atom. The van der Waals surface area contributed by atoms with Crippen LogP contribution in [0.15, 0.2) is 73.1 Å². The lowest BCUT2D eigenvalue weighted by molar-refractivity contribution is -0.139. The Morgan fingerprint density at radius 2 is 1.86 bits per heavy atom. The molecule has 1 amide bonds. The lowest BCUT2D eigenvalue weighted by atomic mass is 10.1. The predicted octanol–water partition coefficient (Wildman–Crippen LogP) is 3.74. The zero-order valence-electron chi connectivity index (χ0n) is 15.4. The van der Waals surface area contributed by atoms with E-state index in [1.165, 1.54) is 0 Å². The zero-order valence-corrected chi connectivity index (χ0v) is 16.2. The summed E-state index contributed by atoms with van der Waals surface area (Å²) < 4.78 is 5.69. The van der Waals surface area contributed by atoms with Crippen LogP contribution in [-0.2, 0) is 17.8 Å². The molecule has 1 aromatic heterocycles. The van der Waals surface area contributed by atoms with E-state index in [4.69, 9.17) is 16.3 Å². The molecular weight excluding hydrogens is 392 g/mol. The second-order valence-electron chi connectivity index (χ2n) is 6.37. The van der Waals surface area contributed by atoms with Crippen molar-refractivity contribution in [3.63, 3.8) is 0 Å². The Kier molecular flexibility index (Phi) is 6.81. The first kappa shape index (κ1) is 20.4. The summed E-state index contributed by atoms with van der Waals surface area (Å²) in [6.45, 7) is 0.313. The molecule has 148 valence electrons. The molecule has 0 bridgehead atoms. The fraction of sp³-hybridized carbons (Fsp3) is 0.136. The molecule has 0 spiro atoms. The molecule has 3 aromatic rings. The number of halogens is 1. The molecule has 0 aliphatic rings. The summed E-state index contributed by atoms with van der Waals surface area (Å²) in [4.78, 5) is 28.2. The van der Waals surface area contributed by atoms with Crippen LogP contribution >= 0.6 is 11.6 Å². The van der Waals surface area contributed by atoms with Crippen LogP contribution in [-0.4, -0.2) is 28.0 Å². The summed E-state index contributed by atoms with van der Waals surface area (Å²) in [5.74, 6) is -1.10. The van der Waals surface area contributed by atoms with E-state index in [-0.39, 0.29) is 6.42 Å². The summed E-state index contributed by atoms with van der Waals surface area (Å²) in [7, 11) is 0. The van der Waals surface area contributed by atoms with E-state index in [9.17, 15) is 14.7 Å². The summed E-state index contributed by atoms with van der Waals surface area (Å²) in [6, 6.07) is 16.1. The number of benzene rings is 2. The third-order valence-corrected chi connectivity index (χ3v) is 4.43. The average molecular weight is 411 g/mol. The number of hydrogen-bond acceptors (Lipinski definition) is 4. The molecule has 2 N–H and O–H groups in total. The Bertz CT molecular complexity index is 978. The fourth-order valence-electron chi connectivity index (χ4n) is 2.68. The van der Waals surface area contributed by atoms with Gasteiger partial charge in [0.25, 0.3) is 5.91 Å². The van der Waals surface area contributed by atoms with E-state index in [2.05, 4.69) is 10.3 Å². The van der Waals surface area contributed by atoms with Crippen LogP contribution in [0, 0.1) is 0 Å². The lowest BCUT2D eigenvalue weighted by Crippen LogP contribution is -2.42. The second kappa shape index (κ2) is 9.71. The van der Waals surface area contributed by atoms with Crippen LogP contribution in [0.3, 0.4) is 0 Å². The van der Waals surface area contributed by atoms with Crippen molar-refractivity contribution in [3.05, 3.63) is 94.8 Å². The molecule has 0 radical (unpaired) electrons. The molecule has 0 aliphatic heterocycles. The van der Waals surface area contributed by atoms with E-state index in [0.29, 0.717) is 22.9 Å². The first-order valence-corrected chi connectivity index (χ1v) is 9.29. The number of aliphatic carboxylic acids is 1. The molecule has 0 unspecified atom stereocenters. The largest absolute Gasteiger partial charge is 0.489 e. The van der Waals surface area contributed by atoms with Gasteiger partial charge in [0.05, 0.1) is 0 Å². The smallest absolute Gasteiger partial charge is 0.326 e. The van der Waals surface area contributed by atoms with Crippen LogP contribution < -0.4 is 10.1 Å². The number of carboxylic acids is 1. The van der Waals surface area contributed by atoms with Crippen molar-refractivity contribution >= 4 is 23.5 Å². The molecule has 29 heavy (non-hydrogen) atoms. The Labute approximate surface area is 173 Å². The van der Waals surface area contributed by atoms with Gasteiger partial charge in [-0.1, -0.05) is 35.9 Å². The molecule has 1 atom stereocenters. The van der Waals surface area contributed by atoms with Crippen molar-refractivity contribution in [1.82, 2.24) is 10.3 Å². The average Bonchev–Trinajstić information content (AvgIpc) is 2.74.